The smallest absolute Gasteiger partial charge is 0.242 e. The van der Waals surface area contributed by atoms with E-state index in [2.05, 4.69) is 4.99 Å². The van der Waals surface area contributed by atoms with Gasteiger partial charge < -0.3 is 4.74 Å². The standard InChI is InChI=1S/C21H25N3O4S2/c1-15-14-24(20(25)12-16-8-10-18(28-4)11-9-16)21(29-15)22-17-6-5-7-19(13-17)30(26,27)23(2)3/h5-11,13,15H,12,14H2,1-4H3. The number of carbonyl (C=O) groups excluding carboxylic acids is 1. The Kier molecular flexibility index (Phi) is 6.84. The lowest BCUT2D eigenvalue weighted by atomic mass is 10.1. The predicted octanol–water partition coefficient (Wildman–Crippen LogP) is 3.14. The number of amidine groups is 1. The van der Waals surface area contributed by atoms with Crippen molar-refractivity contribution in [2.45, 2.75) is 23.5 Å². The Morgan fingerprint density at radius 2 is 1.93 bits per heavy atom. The van der Waals surface area contributed by atoms with Gasteiger partial charge in [0.05, 0.1) is 24.1 Å². The highest BCUT2D eigenvalue weighted by Crippen LogP contribution is 2.30. The number of methoxy groups -OCH3 is 1. The number of benzene rings is 2. The first-order chi connectivity index (χ1) is 14.2. The Hall–Kier alpha value is -2.36. The number of nitrogens with zero attached hydrogens (tertiary/aromatic N) is 3. The minimum atomic E-state index is -3.55. The van der Waals surface area contributed by atoms with E-state index in [-0.39, 0.29) is 22.5 Å². The van der Waals surface area contributed by atoms with Gasteiger partial charge in [-0.3, -0.25) is 9.69 Å². The molecule has 1 fully saturated rings. The van der Waals surface area contributed by atoms with Gasteiger partial charge in [0.1, 0.15) is 5.75 Å². The quantitative estimate of drug-likeness (QED) is 0.680. The molecule has 0 aromatic heterocycles. The molecule has 30 heavy (non-hydrogen) atoms. The molecular formula is C21H25N3O4S2. The summed E-state index contributed by atoms with van der Waals surface area (Å²) in [5, 5.41) is 0.790. The van der Waals surface area contributed by atoms with E-state index in [0.717, 1.165) is 15.6 Å². The maximum Gasteiger partial charge on any atom is 0.242 e. The van der Waals surface area contributed by atoms with Crippen LogP contribution in [0, 0.1) is 0 Å². The van der Waals surface area contributed by atoms with Crippen molar-refractivity contribution in [3.05, 3.63) is 54.1 Å². The van der Waals surface area contributed by atoms with Gasteiger partial charge in [-0.2, -0.15) is 0 Å². The fourth-order valence-electron chi connectivity index (χ4n) is 2.96. The van der Waals surface area contributed by atoms with Crippen LogP contribution in [0.4, 0.5) is 5.69 Å². The number of hydrogen-bond acceptors (Lipinski definition) is 6. The number of amides is 1. The molecule has 1 unspecified atom stereocenters. The SMILES string of the molecule is COc1ccc(CC(=O)N2CC(C)SC2=Nc2cccc(S(=O)(=O)N(C)C)c2)cc1. The number of ether oxygens (including phenoxy) is 1. The number of aliphatic imine (C=N–C) groups is 1. The molecule has 2 aromatic rings. The van der Waals surface area contributed by atoms with Gasteiger partial charge >= 0.3 is 0 Å². The van der Waals surface area contributed by atoms with E-state index in [1.54, 1.807) is 24.1 Å². The molecule has 1 saturated heterocycles. The van der Waals surface area contributed by atoms with Crippen LogP contribution in [0.1, 0.15) is 12.5 Å². The number of rotatable bonds is 6. The first-order valence-electron chi connectivity index (χ1n) is 9.42. The van der Waals surface area contributed by atoms with Gasteiger partial charge in [0.15, 0.2) is 5.17 Å². The second kappa shape index (κ2) is 9.20. The van der Waals surface area contributed by atoms with Gasteiger partial charge in [-0.25, -0.2) is 17.7 Å². The third kappa shape index (κ3) is 5.03. The van der Waals surface area contributed by atoms with Gasteiger partial charge in [-0.1, -0.05) is 36.9 Å². The number of hydrogen-bond donors (Lipinski definition) is 0. The summed E-state index contributed by atoms with van der Waals surface area (Å²) in [5.41, 5.74) is 1.39. The molecule has 9 heteroatoms. The average molecular weight is 448 g/mol. The highest BCUT2D eigenvalue weighted by molar-refractivity contribution is 8.14. The van der Waals surface area contributed by atoms with E-state index >= 15 is 0 Å². The molecule has 0 radical (unpaired) electrons. The van der Waals surface area contributed by atoms with Gasteiger partial charge in [0, 0.05) is 25.9 Å². The maximum absolute atomic E-state index is 12.9. The largest absolute Gasteiger partial charge is 0.497 e. The third-order valence-corrected chi connectivity index (χ3v) is 7.50. The Bertz CT molecular complexity index is 1050. The van der Waals surface area contributed by atoms with Crippen molar-refractivity contribution in [2.24, 2.45) is 4.99 Å². The molecule has 160 valence electrons. The van der Waals surface area contributed by atoms with Gasteiger partial charge in [0.25, 0.3) is 0 Å². The van der Waals surface area contributed by atoms with Crippen molar-refractivity contribution in [3.8, 4) is 5.75 Å². The first kappa shape index (κ1) is 22.3. The molecular weight excluding hydrogens is 422 g/mol. The summed E-state index contributed by atoms with van der Waals surface area (Å²) in [5.74, 6) is 0.694. The van der Waals surface area contributed by atoms with Crippen molar-refractivity contribution in [3.63, 3.8) is 0 Å². The Morgan fingerprint density at radius 1 is 1.23 bits per heavy atom. The minimum Gasteiger partial charge on any atom is -0.497 e. The maximum atomic E-state index is 12.9. The van der Waals surface area contributed by atoms with E-state index in [1.807, 2.05) is 31.2 Å². The zero-order chi connectivity index (χ0) is 21.9. The van der Waals surface area contributed by atoms with E-state index in [0.29, 0.717) is 17.4 Å². The Balaban J connectivity index is 1.83. The van der Waals surface area contributed by atoms with Crippen molar-refractivity contribution in [1.29, 1.82) is 0 Å². The molecule has 0 spiro atoms. The molecule has 0 aliphatic carbocycles. The van der Waals surface area contributed by atoms with E-state index in [1.165, 1.54) is 38.0 Å². The zero-order valence-corrected chi connectivity index (χ0v) is 19.0. The topological polar surface area (TPSA) is 79.3 Å². The van der Waals surface area contributed by atoms with E-state index in [4.69, 9.17) is 4.74 Å². The highest BCUT2D eigenvalue weighted by atomic mass is 32.2. The summed E-state index contributed by atoms with van der Waals surface area (Å²) in [6, 6.07) is 13.9. The summed E-state index contributed by atoms with van der Waals surface area (Å²) in [7, 11) is 1.02. The van der Waals surface area contributed by atoms with Crippen molar-refractivity contribution in [1.82, 2.24) is 9.21 Å². The molecule has 0 bridgehead atoms. The van der Waals surface area contributed by atoms with Crippen molar-refractivity contribution < 1.29 is 17.9 Å². The monoisotopic (exact) mass is 447 g/mol. The minimum absolute atomic E-state index is 0.0483. The number of thioether (sulfide) groups is 1. The molecule has 3 rings (SSSR count). The summed E-state index contributed by atoms with van der Waals surface area (Å²) in [4.78, 5) is 19.4. The highest BCUT2D eigenvalue weighted by Gasteiger charge is 2.30. The molecule has 1 aliphatic heterocycles. The van der Waals surface area contributed by atoms with Crippen LogP contribution in [-0.2, 0) is 21.2 Å². The molecule has 0 N–H and O–H groups in total. The molecule has 7 nitrogen and oxygen atoms in total. The normalized spacial score (nSPS) is 18.2. The van der Waals surface area contributed by atoms with Gasteiger partial charge in [-0.05, 0) is 35.9 Å². The summed E-state index contributed by atoms with van der Waals surface area (Å²) in [6.45, 7) is 2.60. The fourth-order valence-corrected chi connectivity index (χ4v) is 4.95. The van der Waals surface area contributed by atoms with Crippen LogP contribution >= 0.6 is 11.8 Å². The number of carbonyl (C=O) groups is 1. The molecule has 1 aliphatic rings. The lowest BCUT2D eigenvalue weighted by Crippen LogP contribution is -2.33. The van der Waals surface area contributed by atoms with E-state index < -0.39 is 10.0 Å². The summed E-state index contributed by atoms with van der Waals surface area (Å²) < 4.78 is 31.1. The second-order valence-electron chi connectivity index (χ2n) is 7.14. The van der Waals surface area contributed by atoms with Crippen LogP contribution in [0.25, 0.3) is 0 Å². The second-order valence-corrected chi connectivity index (χ2v) is 10.7. The predicted molar refractivity (Wildman–Crippen MR) is 120 cm³/mol. The van der Waals surface area contributed by atoms with Crippen molar-refractivity contribution in [2.75, 3.05) is 27.7 Å². The molecule has 0 saturated carbocycles. The Labute approximate surface area is 181 Å². The average Bonchev–Trinajstić information content (AvgIpc) is 3.08. The van der Waals surface area contributed by atoms with E-state index in [9.17, 15) is 13.2 Å². The fraction of sp³-hybridized carbons (Fsp3) is 0.333. The first-order valence-corrected chi connectivity index (χ1v) is 11.7. The molecule has 1 amide bonds. The van der Waals surface area contributed by atoms with Gasteiger partial charge in [0.2, 0.25) is 15.9 Å². The zero-order valence-electron chi connectivity index (χ0n) is 17.4. The van der Waals surface area contributed by atoms with Gasteiger partial charge in [-0.15, -0.1) is 0 Å². The molecule has 2 aromatic carbocycles. The van der Waals surface area contributed by atoms with Crippen LogP contribution in [0.15, 0.2) is 58.4 Å². The lowest BCUT2D eigenvalue weighted by Gasteiger charge is -2.16. The van der Waals surface area contributed by atoms with Crippen LogP contribution in [0.2, 0.25) is 0 Å². The molecule has 1 atom stereocenters. The Morgan fingerprint density at radius 3 is 2.57 bits per heavy atom. The van der Waals surface area contributed by atoms with Crippen LogP contribution in [0.5, 0.6) is 5.75 Å². The van der Waals surface area contributed by atoms with Crippen LogP contribution in [-0.4, -0.2) is 61.7 Å². The third-order valence-electron chi connectivity index (χ3n) is 4.61. The summed E-state index contributed by atoms with van der Waals surface area (Å²) >= 11 is 1.51. The van der Waals surface area contributed by atoms with Crippen LogP contribution < -0.4 is 4.74 Å². The molecule has 1 heterocycles. The summed E-state index contributed by atoms with van der Waals surface area (Å²) in [6.07, 6.45) is 0.255. The number of sulfonamides is 1. The lowest BCUT2D eigenvalue weighted by molar-refractivity contribution is -0.126. The van der Waals surface area contributed by atoms with Crippen molar-refractivity contribution >= 4 is 38.5 Å². The van der Waals surface area contributed by atoms with Crippen LogP contribution in [0.3, 0.4) is 0 Å².